The van der Waals surface area contributed by atoms with Crippen LogP contribution in [0.3, 0.4) is 0 Å². The largest absolute Gasteiger partial charge is 0.309 e. The molecule has 0 aromatic heterocycles. The third kappa shape index (κ3) is 10.1. The standard InChI is InChI=1S/C89H104N2/c1-86(2,3)64-45-65(87(4,5)6)48-70(47-64)90(68-40-60(77-35-52-22-25-57(77)32-52)38-61(41-68)78-36-53-23-26-58(78)33-53)84-74-20-16-17-21-75(74)85(82-44-56(28-29-76(82)84)55-18-14-13-15-19-55)91(71-49-66(88(7,8)9)46-67(50-71)89(10,11)12)69-42-62(79-37-54-24-27-59(79)34-54)39-63(43-69)80-51-81-73-31-30-72(80)83(73)81/h13-21,28-29,38-50,52-54,57-59,72-73,77-81,83H,22-27,30-37,51H2,1-12H3. The van der Waals surface area contributed by atoms with Crippen LogP contribution >= 0.6 is 0 Å². The van der Waals surface area contributed by atoms with Crippen LogP contribution in [0, 0.1) is 59.2 Å². The highest BCUT2D eigenvalue weighted by molar-refractivity contribution is 6.24. The molecule has 9 saturated carbocycles. The SMILES string of the molecule is CC(C)(C)c1cc(N(c2cc(C3CC4CCC3C4)cc(C3CC4CCC3C4)c2)c2c3ccccc3c(N(c3cc(C4CC5CCC4C5)cc(C4CC5C6CCC4C65)c3)c3cc(C(C)(C)C)cc(C(C)(C)C)c3)c3cc(-c4ccccc4)ccc23)cc(C(C)(C)C)c1. The van der Waals surface area contributed by atoms with Crippen LogP contribution in [0.4, 0.5) is 34.1 Å². The van der Waals surface area contributed by atoms with Gasteiger partial charge in [0.15, 0.2) is 0 Å². The quantitative estimate of drug-likeness (QED) is 0.0941. The minimum absolute atomic E-state index is 0.0721. The van der Waals surface area contributed by atoms with Gasteiger partial charge < -0.3 is 9.80 Å². The van der Waals surface area contributed by atoms with Crippen LogP contribution in [0.25, 0.3) is 32.7 Å². The molecule has 8 aromatic carbocycles. The maximum Gasteiger partial charge on any atom is 0.0620 e. The summed E-state index contributed by atoms with van der Waals surface area (Å²) in [5.74, 6) is 11.2. The highest BCUT2D eigenvalue weighted by Gasteiger charge is 2.65. The Bertz CT molecular complexity index is 4060. The monoisotopic (exact) mass is 1200 g/mol. The number of fused-ring (bicyclic) bond motifs is 9. The average Bonchev–Trinajstić information content (AvgIpc) is 1.63. The first-order chi connectivity index (χ1) is 43.5. The van der Waals surface area contributed by atoms with E-state index in [-0.39, 0.29) is 21.7 Å². The number of hydrogen-bond donors (Lipinski definition) is 0. The van der Waals surface area contributed by atoms with Gasteiger partial charge in [-0.25, -0.2) is 0 Å². The lowest BCUT2D eigenvalue weighted by atomic mass is 9.78. The van der Waals surface area contributed by atoms with Crippen molar-refractivity contribution in [2.24, 2.45) is 59.2 Å². The first-order valence-corrected chi connectivity index (χ1v) is 36.8. The fourth-order valence-electron chi connectivity index (χ4n) is 21.6. The van der Waals surface area contributed by atoms with Crippen molar-refractivity contribution in [3.63, 3.8) is 0 Å². The van der Waals surface area contributed by atoms with Gasteiger partial charge in [0.2, 0.25) is 0 Å². The van der Waals surface area contributed by atoms with Gasteiger partial charge in [0.25, 0.3) is 0 Å². The second-order valence-electron chi connectivity index (χ2n) is 36.1. The van der Waals surface area contributed by atoms with Gasteiger partial charge in [-0.15, -0.1) is 0 Å². The van der Waals surface area contributed by atoms with Crippen molar-refractivity contribution in [2.45, 2.75) is 225 Å². The molecule has 0 aliphatic heterocycles. The summed E-state index contributed by atoms with van der Waals surface area (Å²) in [6.45, 7) is 29.2. The Labute approximate surface area is 547 Å². The van der Waals surface area contributed by atoms with Gasteiger partial charge in [0, 0.05) is 44.3 Å². The molecule has 14 unspecified atom stereocenters. The van der Waals surface area contributed by atoms with Crippen LogP contribution in [-0.4, -0.2) is 0 Å². The normalized spacial score (nSPS) is 29.5. The van der Waals surface area contributed by atoms with E-state index in [1.165, 1.54) is 185 Å². The Morgan fingerprint density at radius 3 is 1.07 bits per heavy atom. The average molecular weight is 1200 g/mol. The van der Waals surface area contributed by atoms with E-state index in [1.807, 2.05) is 0 Å². The number of anilines is 6. The van der Waals surface area contributed by atoms with Crippen LogP contribution in [-0.2, 0) is 21.7 Å². The Kier molecular flexibility index (Phi) is 13.7. The van der Waals surface area contributed by atoms with Crippen LogP contribution in [0.5, 0.6) is 0 Å². The van der Waals surface area contributed by atoms with E-state index in [1.54, 1.807) is 22.3 Å². The molecular formula is C89H104N2. The molecule has 0 radical (unpaired) electrons. The van der Waals surface area contributed by atoms with Crippen LogP contribution in [0.1, 0.15) is 248 Å². The molecule has 6 bridgehead atoms. The van der Waals surface area contributed by atoms with Gasteiger partial charge in [-0.2, -0.15) is 0 Å². The predicted octanol–water partition coefficient (Wildman–Crippen LogP) is 25.3. The van der Waals surface area contributed by atoms with Gasteiger partial charge in [-0.3, -0.25) is 0 Å². The molecule has 9 aliphatic rings. The van der Waals surface area contributed by atoms with E-state index in [9.17, 15) is 0 Å². The first kappa shape index (κ1) is 58.7. The molecule has 0 heterocycles. The van der Waals surface area contributed by atoms with Gasteiger partial charge in [-0.1, -0.05) is 193 Å². The molecule has 9 aliphatic carbocycles. The van der Waals surface area contributed by atoms with Crippen molar-refractivity contribution in [3.8, 4) is 11.1 Å². The van der Waals surface area contributed by atoms with E-state index < -0.39 is 0 Å². The third-order valence-electron chi connectivity index (χ3n) is 26.5. The summed E-state index contributed by atoms with van der Waals surface area (Å²) in [4.78, 5) is 5.72. The number of nitrogens with zero attached hydrogens (tertiary/aromatic N) is 2. The summed E-state index contributed by atoms with van der Waals surface area (Å²) in [5, 5.41) is 5.25. The second kappa shape index (κ2) is 21.2. The molecular weight excluding hydrogens is 1100 g/mol. The van der Waals surface area contributed by atoms with Crippen molar-refractivity contribution < 1.29 is 0 Å². The molecule has 17 rings (SSSR count). The van der Waals surface area contributed by atoms with Crippen LogP contribution in [0.2, 0.25) is 0 Å². The van der Waals surface area contributed by atoms with Crippen molar-refractivity contribution in [2.75, 3.05) is 9.80 Å². The predicted molar refractivity (Wildman–Crippen MR) is 386 cm³/mol. The van der Waals surface area contributed by atoms with Gasteiger partial charge >= 0.3 is 0 Å². The Hall–Kier alpha value is -6.12. The highest BCUT2D eigenvalue weighted by atomic mass is 15.2. The topological polar surface area (TPSA) is 6.48 Å². The summed E-state index contributed by atoms with van der Waals surface area (Å²) >= 11 is 0. The lowest BCUT2D eigenvalue weighted by Crippen LogP contribution is -2.21. The van der Waals surface area contributed by atoms with E-state index in [0.29, 0.717) is 23.7 Å². The maximum atomic E-state index is 2.87. The van der Waals surface area contributed by atoms with E-state index in [2.05, 4.69) is 238 Å². The smallest absolute Gasteiger partial charge is 0.0620 e. The highest BCUT2D eigenvalue weighted by Crippen LogP contribution is 2.73. The fourth-order valence-corrected chi connectivity index (χ4v) is 21.6. The Morgan fingerprint density at radius 2 is 0.670 bits per heavy atom. The summed E-state index contributed by atoms with van der Waals surface area (Å²) in [6.07, 6.45) is 20.9. The lowest BCUT2D eigenvalue weighted by Gasteiger charge is -2.37. The van der Waals surface area contributed by atoms with E-state index in [0.717, 1.165) is 59.2 Å². The van der Waals surface area contributed by atoms with Crippen molar-refractivity contribution in [1.29, 1.82) is 0 Å². The minimum atomic E-state index is -0.0758. The van der Waals surface area contributed by atoms with Gasteiger partial charge in [0.1, 0.15) is 0 Å². The molecule has 14 atom stereocenters. The summed E-state index contributed by atoms with van der Waals surface area (Å²) in [6, 6.07) is 61.0. The molecule has 0 amide bonds. The van der Waals surface area contributed by atoms with Crippen molar-refractivity contribution in [1.82, 2.24) is 0 Å². The van der Waals surface area contributed by atoms with Gasteiger partial charge in [0.05, 0.1) is 11.4 Å². The molecule has 0 saturated heterocycles. The van der Waals surface area contributed by atoms with Gasteiger partial charge in [-0.05, 0) is 292 Å². The second-order valence-corrected chi connectivity index (χ2v) is 36.1. The third-order valence-corrected chi connectivity index (χ3v) is 26.5. The Morgan fingerprint density at radius 1 is 0.286 bits per heavy atom. The molecule has 8 aromatic rings. The molecule has 2 heteroatoms. The molecule has 2 nitrogen and oxygen atoms in total. The van der Waals surface area contributed by atoms with Crippen molar-refractivity contribution in [3.05, 3.63) is 190 Å². The number of hydrogen-bond acceptors (Lipinski definition) is 2. The summed E-state index contributed by atoms with van der Waals surface area (Å²) in [5.41, 5.74) is 22.2. The Balaban J connectivity index is 0.992. The van der Waals surface area contributed by atoms with Crippen LogP contribution in [0.15, 0.2) is 146 Å². The van der Waals surface area contributed by atoms with Crippen LogP contribution < -0.4 is 9.80 Å². The zero-order valence-corrected chi connectivity index (χ0v) is 57.4. The summed E-state index contributed by atoms with van der Waals surface area (Å²) < 4.78 is 0. The molecule has 9 fully saturated rings. The minimum Gasteiger partial charge on any atom is -0.309 e. The summed E-state index contributed by atoms with van der Waals surface area (Å²) in [7, 11) is 0. The molecule has 0 N–H and O–H groups in total. The van der Waals surface area contributed by atoms with E-state index in [4.69, 9.17) is 0 Å². The van der Waals surface area contributed by atoms with E-state index >= 15 is 0 Å². The van der Waals surface area contributed by atoms with Crippen molar-refractivity contribution >= 4 is 55.7 Å². The lowest BCUT2D eigenvalue weighted by molar-refractivity contribution is 0.412. The molecule has 91 heavy (non-hydrogen) atoms. The fraction of sp³-hybridized carbons (Fsp3) is 0.506. The molecule has 0 spiro atoms. The first-order valence-electron chi connectivity index (χ1n) is 36.8. The zero-order chi connectivity index (χ0) is 62.4. The maximum absolute atomic E-state index is 2.87. The number of benzene rings is 8. The molecule has 470 valence electrons. The number of rotatable bonds is 11. The zero-order valence-electron chi connectivity index (χ0n) is 57.4.